The van der Waals surface area contributed by atoms with Crippen LogP contribution in [-0.4, -0.2) is 25.7 Å². The predicted molar refractivity (Wildman–Crippen MR) is 70.0 cm³/mol. The van der Waals surface area contributed by atoms with E-state index in [0.717, 1.165) is 12.5 Å². The molecule has 0 unspecified atom stereocenters. The molecule has 1 saturated carbocycles. The molecule has 2 N–H and O–H groups in total. The SMILES string of the molecule is O=S(=O)(NC1(CCO)CCC1)c1c(F)cccc1Cl. The number of sulfonamides is 1. The van der Waals surface area contributed by atoms with Crippen molar-refractivity contribution in [1.82, 2.24) is 4.72 Å². The Bertz CT molecular complexity index is 552. The summed E-state index contributed by atoms with van der Waals surface area (Å²) in [4.78, 5) is -0.527. The zero-order valence-electron chi connectivity index (χ0n) is 10.2. The maximum Gasteiger partial charge on any atom is 0.245 e. The van der Waals surface area contributed by atoms with Gasteiger partial charge < -0.3 is 5.11 Å². The van der Waals surface area contributed by atoms with E-state index in [4.69, 9.17) is 16.7 Å². The molecule has 1 fully saturated rings. The standard InChI is InChI=1S/C12H15ClFNO3S/c13-9-3-1-4-10(14)11(9)19(17,18)15-12(7-8-16)5-2-6-12/h1,3-4,15-16H,2,5-8H2. The van der Waals surface area contributed by atoms with Gasteiger partial charge >= 0.3 is 0 Å². The molecule has 0 atom stereocenters. The third-order valence-electron chi connectivity index (χ3n) is 3.44. The van der Waals surface area contributed by atoms with Crippen molar-refractivity contribution >= 4 is 21.6 Å². The molecule has 0 amide bonds. The molecule has 2 rings (SSSR count). The second-order valence-electron chi connectivity index (χ2n) is 4.76. The quantitative estimate of drug-likeness (QED) is 0.875. The van der Waals surface area contributed by atoms with E-state index in [0.29, 0.717) is 19.3 Å². The van der Waals surface area contributed by atoms with Crippen LogP contribution in [0.15, 0.2) is 23.1 Å². The van der Waals surface area contributed by atoms with Crippen LogP contribution in [0.1, 0.15) is 25.7 Å². The molecule has 106 valence electrons. The molecule has 0 radical (unpaired) electrons. The molecular formula is C12H15ClFNO3S. The van der Waals surface area contributed by atoms with Gasteiger partial charge in [-0.15, -0.1) is 0 Å². The van der Waals surface area contributed by atoms with E-state index >= 15 is 0 Å². The summed E-state index contributed by atoms with van der Waals surface area (Å²) in [6.45, 7) is -0.118. The molecule has 1 aromatic carbocycles. The lowest BCUT2D eigenvalue weighted by Crippen LogP contribution is -2.54. The third kappa shape index (κ3) is 2.91. The van der Waals surface area contributed by atoms with Gasteiger partial charge in [0.15, 0.2) is 0 Å². The lowest BCUT2D eigenvalue weighted by atomic mass is 9.75. The summed E-state index contributed by atoms with van der Waals surface area (Å²) in [7, 11) is -4.03. The first-order valence-corrected chi connectivity index (χ1v) is 7.85. The molecular weight excluding hydrogens is 293 g/mol. The third-order valence-corrected chi connectivity index (χ3v) is 5.52. The van der Waals surface area contributed by atoms with Crippen LogP contribution < -0.4 is 4.72 Å². The van der Waals surface area contributed by atoms with E-state index < -0.39 is 26.3 Å². The maximum atomic E-state index is 13.7. The van der Waals surface area contributed by atoms with Crippen LogP contribution in [0.3, 0.4) is 0 Å². The van der Waals surface area contributed by atoms with Gasteiger partial charge in [0.2, 0.25) is 10.0 Å². The Morgan fingerprint density at radius 3 is 2.58 bits per heavy atom. The molecule has 1 aliphatic carbocycles. The van der Waals surface area contributed by atoms with Crippen LogP contribution in [0.5, 0.6) is 0 Å². The number of hydrogen-bond acceptors (Lipinski definition) is 3. The highest BCUT2D eigenvalue weighted by Gasteiger charge is 2.41. The van der Waals surface area contributed by atoms with Gasteiger partial charge in [0.05, 0.1) is 5.02 Å². The molecule has 19 heavy (non-hydrogen) atoms. The van der Waals surface area contributed by atoms with E-state index in [1.54, 1.807) is 0 Å². The van der Waals surface area contributed by atoms with Crippen molar-refractivity contribution in [2.45, 2.75) is 36.1 Å². The van der Waals surface area contributed by atoms with Crippen molar-refractivity contribution < 1.29 is 17.9 Å². The molecule has 1 aliphatic rings. The van der Waals surface area contributed by atoms with Gasteiger partial charge in [0, 0.05) is 12.1 Å². The summed E-state index contributed by atoms with van der Waals surface area (Å²) in [5.74, 6) is -0.876. The van der Waals surface area contributed by atoms with Gasteiger partial charge in [-0.25, -0.2) is 17.5 Å². The average Bonchev–Trinajstić information content (AvgIpc) is 2.25. The summed E-state index contributed by atoms with van der Waals surface area (Å²) in [6.07, 6.45) is 2.48. The number of benzene rings is 1. The Balaban J connectivity index is 2.33. The van der Waals surface area contributed by atoms with Crippen LogP contribution in [0.2, 0.25) is 5.02 Å². The molecule has 0 aromatic heterocycles. The van der Waals surface area contributed by atoms with E-state index in [1.807, 2.05) is 0 Å². The molecule has 1 aromatic rings. The van der Waals surface area contributed by atoms with Crippen LogP contribution in [0, 0.1) is 5.82 Å². The number of rotatable bonds is 5. The van der Waals surface area contributed by atoms with Crippen molar-refractivity contribution in [1.29, 1.82) is 0 Å². The normalized spacial score (nSPS) is 18.1. The maximum absolute atomic E-state index is 13.7. The van der Waals surface area contributed by atoms with Crippen molar-refractivity contribution in [2.75, 3.05) is 6.61 Å². The number of aliphatic hydroxyl groups excluding tert-OH is 1. The lowest BCUT2D eigenvalue weighted by molar-refractivity contribution is 0.156. The van der Waals surface area contributed by atoms with Crippen molar-refractivity contribution in [3.63, 3.8) is 0 Å². The van der Waals surface area contributed by atoms with E-state index in [9.17, 15) is 12.8 Å². The summed E-state index contributed by atoms with van der Waals surface area (Å²) < 4.78 is 40.6. The fourth-order valence-electron chi connectivity index (χ4n) is 2.30. The van der Waals surface area contributed by atoms with Gasteiger partial charge in [0.1, 0.15) is 10.7 Å². The summed E-state index contributed by atoms with van der Waals surface area (Å²) in [5.41, 5.74) is -0.667. The van der Waals surface area contributed by atoms with Crippen LogP contribution in [0.4, 0.5) is 4.39 Å². The zero-order valence-corrected chi connectivity index (χ0v) is 11.8. The number of aliphatic hydroxyl groups is 1. The second kappa shape index (κ2) is 5.36. The molecule has 7 heteroatoms. The average molecular weight is 308 g/mol. The number of nitrogens with one attached hydrogen (secondary N) is 1. The van der Waals surface area contributed by atoms with Crippen LogP contribution in [0.25, 0.3) is 0 Å². The second-order valence-corrected chi connectivity index (χ2v) is 6.79. The topological polar surface area (TPSA) is 66.4 Å². The van der Waals surface area contributed by atoms with Gasteiger partial charge in [0.25, 0.3) is 0 Å². The first kappa shape index (κ1) is 14.7. The summed E-state index contributed by atoms with van der Waals surface area (Å²) in [5, 5.41) is 8.86. The van der Waals surface area contributed by atoms with Crippen LogP contribution >= 0.6 is 11.6 Å². The molecule has 0 saturated heterocycles. The van der Waals surface area contributed by atoms with Crippen LogP contribution in [-0.2, 0) is 10.0 Å². The Kier molecular flexibility index (Phi) is 4.15. The van der Waals surface area contributed by atoms with E-state index in [1.165, 1.54) is 12.1 Å². The van der Waals surface area contributed by atoms with Gasteiger partial charge in [-0.1, -0.05) is 17.7 Å². The van der Waals surface area contributed by atoms with E-state index in [-0.39, 0.29) is 11.6 Å². The van der Waals surface area contributed by atoms with Gasteiger partial charge in [-0.2, -0.15) is 0 Å². The zero-order chi connectivity index (χ0) is 14.1. The summed E-state index contributed by atoms with van der Waals surface area (Å²) >= 11 is 5.77. The number of halogens is 2. The molecule has 0 aliphatic heterocycles. The number of hydrogen-bond donors (Lipinski definition) is 2. The fraction of sp³-hybridized carbons (Fsp3) is 0.500. The minimum atomic E-state index is -4.03. The predicted octanol–water partition coefficient (Wildman–Crippen LogP) is 2.06. The smallest absolute Gasteiger partial charge is 0.245 e. The Morgan fingerprint density at radius 2 is 2.11 bits per heavy atom. The highest BCUT2D eigenvalue weighted by atomic mass is 35.5. The highest BCUT2D eigenvalue weighted by Crippen LogP contribution is 2.37. The van der Waals surface area contributed by atoms with Crippen molar-refractivity contribution in [2.24, 2.45) is 0 Å². The van der Waals surface area contributed by atoms with Crippen molar-refractivity contribution in [3.05, 3.63) is 29.0 Å². The monoisotopic (exact) mass is 307 g/mol. The lowest BCUT2D eigenvalue weighted by Gasteiger charge is -2.41. The first-order chi connectivity index (χ1) is 8.90. The van der Waals surface area contributed by atoms with Crippen molar-refractivity contribution in [3.8, 4) is 0 Å². The highest BCUT2D eigenvalue weighted by molar-refractivity contribution is 7.89. The minimum absolute atomic E-state index is 0.118. The molecule has 4 nitrogen and oxygen atoms in total. The van der Waals surface area contributed by atoms with Gasteiger partial charge in [-0.3, -0.25) is 0 Å². The van der Waals surface area contributed by atoms with Gasteiger partial charge in [-0.05, 0) is 37.8 Å². The minimum Gasteiger partial charge on any atom is -0.396 e. The first-order valence-electron chi connectivity index (χ1n) is 5.99. The molecule has 0 heterocycles. The largest absolute Gasteiger partial charge is 0.396 e. The Hall–Kier alpha value is -0.690. The fourth-order valence-corrected chi connectivity index (χ4v) is 4.39. The summed E-state index contributed by atoms with van der Waals surface area (Å²) in [6, 6.07) is 3.74. The Labute approximate surface area is 116 Å². The Morgan fingerprint density at radius 1 is 1.42 bits per heavy atom. The van der Waals surface area contributed by atoms with E-state index in [2.05, 4.69) is 4.72 Å². The molecule has 0 bridgehead atoms. The molecule has 0 spiro atoms.